The normalized spacial score (nSPS) is 10.1. The summed E-state index contributed by atoms with van der Waals surface area (Å²) in [4.78, 5) is 37.4. The van der Waals surface area contributed by atoms with Crippen LogP contribution in [-0.2, 0) is 9.53 Å². The van der Waals surface area contributed by atoms with Crippen molar-refractivity contribution in [3.05, 3.63) is 95.9 Å². The Morgan fingerprint density at radius 1 is 0.586 bits per heavy atom. The Balaban J connectivity index is -0.000000201. The molecule has 0 saturated heterocycles. The topological polar surface area (TPSA) is 43.4 Å². The number of terminal acetylenes is 2. The largest absolute Gasteiger partial charge is 0.462 e. The Labute approximate surface area is 458 Å². The van der Waals surface area contributed by atoms with E-state index in [1.54, 1.807) is 56.7 Å². The summed E-state index contributed by atoms with van der Waals surface area (Å²) < 4.78 is 5.51. The van der Waals surface area contributed by atoms with E-state index in [4.69, 9.17) is 17.6 Å². The number of hydrogen-bond acceptors (Lipinski definition) is 9. The Kier molecular flexibility index (Phi) is 22.0. The van der Waals surface area contributed by atoms with Crippen molar-refractivity contribution in [2.75, 3.05) is 6.61 Å². The van der Waals surface area contributed by atoms with Crippen LogP contribution in [0.4, 0.5) is 0 Å². The molecule has 70 heavy (non-hydrogen) atoms. The van der Waals surface area contributed by atoms with E-state index in [1.807, 2.05) is 26.0 Å². The van der Waals surface area contributed by atoms with Crippen molar-refractivity contribution in [1.82, 2.24) is 0 Å². The molecule has 0 fully saturated rings. The van der Waals surface area contributed by atoms with Crippen LogP contribution in [0.2, 0.25) is 0 Å². The minimum Gasteiger partial charge on any atom is -0.462 e. The van der Waals surface area contributed by atoms with Gasteiger partial charge in [0.1, 0.15) is 0 Å². The second-order valence-electron chi connectivity index (χ2n) is 16.4. The first kappa shape index (κ1) is 54.5. The number of aldehydes is 1. The fraction of sp³-hybridized carbons (Fsp3) is 0.279. The fourth-order valence-corrected chi connectivity index (χ4v) is 13.6. The molecule has 0 radical (unpaired) electrons. The maximum Gasteiger partial charge on any atom is 0.333 e. The van der Waals surface area contributed by atoms with Crippen molar-refractivity contribution in [2.45, 2.75) is 106 Å². The van der Waals surface area contributed by atoms with Crippen molar-refractivity contribution in [3.63, 3.8) is 0 Å². The monoisotopic (exact) mass is 1050 g/mol. The zero-order chi connectivity index (χ0) is 50.4. The maximum atomic E-state index is 12.5. The molecule has 0 N–H and O–H groups in total. The van der Waals surface area contributed by atoms with Gasteiger partial charge in [0, 0.05) is 77.7 Å². The summed E-state index contributed by atoms with van der Waals surface area (Å²) >= 11 is 10.3. The predicted molar refractivity (Wildman–Crippen MR) is 331 cm³/mol. The summed E-state index contributed by atoms with van der Waals surface area (Å²) in [6, 6.07) is 17.0. The lowest BCUT2D eigenvalue weighted by molar-refractivity contribution is -0.139. The number of carbonyl (C=O) groups is 2. The van der Waals surface area contributed by atoms with E-state index < -0.39 is 0 Å². The molecular weight excluding hydrogens is 973 g/mol. The van der Waals surface area contributed by atoms with Gasteiger partial charge >= 0.3 is 5.97 Å². The summed E-state index contributed by atoms with van der Waals surface area (Å²) in [5.41, 5.74) is 4.91. The molecule has 0 spiro atoms. The summed E-state index contributed by atoms with van der Waals surface area (Å²) in [7, 11) is 0. The van der Waals surface area contributed by atoms with Crippen LogP contribution in [0.1, 0.15) is 156 Å². The summed E-state index contributed by atoms with van der Waals surface area (Å²) in [5, 5.41) is 0. The first-order chi connectivity index (χ1) is 33.9. The van der Waals surface area contributed by atoms with E-state index in [0.29, 0.717) is 24.0 Å². The molecule has 6 heterocycles. The molecule has 3 nitrogen and oxygen atoms in total. The van der Waals surface area contributed by atoms with Crippen LogP contribution in [-0.4, -0.2) is 18.9 Å². The van der Waals surface area contributed by atoms with Gasteiger partial charge in [-0.3, -0.25) is 4.79 Å². The second kappa shape index (κ2) is 28.3. The average molecular weight is 1050 g/mol. The number of rotatable bonds is 16. The van der Waals surface area contributed by atoms with E-state index in [-0.39, 0.29) is 23.1 Å². The number of unbranched alkanes of at least 4 members (excludes halogenated alkanes) is 5. The Hall–Kier alpha value is -6.44. The van der Waals surface area contributed by atoms with Gasteiger partial charge in [0.25, 0.3) is 0 Å². The Bertz CT molecular complexity index is 3380. The van der Waals surface area contributed by atoms with Crippen LogP contribution in [0.25, 0.3) is 45.1 Å². The van der Waals surface area contributed by atoms with Gasteiger partial charge in [0.15, 0.2) is 6.29 Å². The summed E-state index contributed by atoms with van der Waals surface area (Å²) in [6.45, 7) is 17.4. The molecule has 9 heteroatoms. The minimum atomic E-state index is -0.232. The molecule has 6 rings (SSSR count). The number of carbonyl (C=O) groups excluding carboxylic acids is 2. The number of thiophene rings is 6. The van der Waals surface area contributed by atoms with E-state index in [9.17, 15) is 9.59 Å². The Morgan fingerprint density at radius 2 is 1.01 bits per heavy atom. The highest BCUT2D eigenvalue weighted by Gasteiger charge is 2.18. The van der Waals surface area contributed by atoms with Crippen molar-refractivity contribution in [1.29, 1.82) is 0 Å². The van der Waals surface area contributed by atoms with Gasteiger partial charge in [0.2, 0.25) is 0 Å². The van der Waals surface area contributed by atoms with Gasteiger partial charge in [-0.05, 0) is 176 Å². The minimum absolute atomic E-state index is 0. The lowest BCUT2D eigenvalue weighted by Crippen LogP contribution is -2.06. The molecular formula is C61H76O3S6. The molecule has 6 aromatic heterocycles. The zero-order valence-corrected chi connectivity index (χ0v) is 45.6. The third kappa shape index (κ3) is 16.1. The van der Waals surface area contributed by atoms with Crippen molar-refractivity contribution in [2.24, 2.45) is 0 Å². The molecule has 0 aromatic carbocycles. The number of aryl methyl sites for hydroxylation is 2. The van der Waals surface area contributed by atoms with E-state index in [0.717, 1.165) is 60.2 Å². The van der Waals surface area contributed by atoms with Gasteiger partial charge in [-0.25, -0.2) is 4.79 Å². The van der Waals surface area contributed by atoms with Crippen LogP contribution in [0, 0.1) is 110 Å². The van der Waals surface area contributed by atoms with E-state index in [2.05, 4.69) is 167 Å². The van der Waals surface area contributed by atoms with Crippen molar-refractivity contribution in [3.8, 4) is 135 Å². The first-order valence-electron chi connectivity index (χ1n) is 22.8. The third-order valence-electron chi connectivity index (χ3n) is 10.2. The first-order valence-corrected chi connectivity index (χ1v) is 27.7. The van der Waals surface area contributed by atoms with Crippen molar-refractivity contribution >= 4 is 86.4 Å². The Morgan fingerprint density at radius 3 is 1.47 bits per heavy atom. The van der Waals surface area contributed by atoms with Crippen LogP contribution in [0.5, 0.6) is 0 Å². The molecule has 0 aliphatic heterocycles. The average Bonchev–Trinajstić information content (AvgIpc) is 4.21. The van der Waals surface area contributed by atoms with Crippen LogP contribution in [0.15, 0.2) is 54.1 Å². The quantitative estimate of drug-likeness (QED) is 0.0319. The molecule has 0 atom stereocenters. The lowest BCUT2D eigenvalue weighted by Gasteiger charge is -2.05. The molecule has 0 aliphatic rings. The maximum absolute atomic E-state index is 12.5. The summed E-state index contributed by atoms with van der Waals surface area (Å²) in [6.07, 6.45) is 20.1. The van der Waals surface area contributed by atoms with Gasteiger partial charge in [-0.2, -0.15) is 0 Å². The highest BCUT2D eigenvalue weighted by Crippen LogP contribution is 2.46. The number of ether oxygens (including phenoxy) is 1. The molecule has 0 aliphatic carbocycles. The summed E-state index contributed by atoms with van der Waals surface area (Å²) in [5.74, 6) is 38.1. The third-order valence-corrected chi connectivity index (χ3v) is 18.3. The van der Waals surface area contributed by atoms with Gasteiger partial charge in [-0.15, -0.1) is 80.9 Å². The highest BCUT2D eigenvalue weighted by atomic mass is 32.1. The predicted octanol–water partition coefficient (Wildman–Crippen LogP) is 19.3. The molecule has 0 amide bonds. The zero-order valence-electron chi connectivity index (χ0n) is 40.7. The van der Waals surface area contributed by atoms with Gasteiger partial charge in [0.05, 0.1) is 21.2 Å². The molecule has 0 bridgehead atoms. The number of esters is 1. The van der Waals surface area contributed by atoms with Crippen LogP contribution < -0.4 is 0 Å². The van der Waals surface area contributed by atoms with E-state index >= 15 is 0 Å². The second-order valence-corrected chi connectivity index (χ2v) is 22.9. The van der Waals surface area contributed by atoms with Crippen LogP contribution in [0.3, 0.4) is 0 Å². The lowest BCUT2D eigenvalue weighted by atomic mass is 10.1. The highest BCUT2D eigenvalue weighted by molar-refractivity contribution is 7.27. The SMILES string of the molecule is C#CC#CC#CC#Cc1cc(C(C)C)sc1-c1ccc(-c2sc(/C=C(/C)C(=O)OCCCCCCCC)cc2C)s1.C#CC#CC#CC#Cc1cc(C(C)C)sc1-c1ccc(-c2sc(C=O)cc2C)s1.[HH].[HH].[HH].[HH].[HH].[HH].[HH].[HH].[HH].[HH].[HH].[HH]. The molecule has 374 valence electrons. The van der Waals surface area contributed by atoms with Crippen molar-refractivity contribution < 1.29 is 31.4 Å². The molecule has 0 saturated carbocycles. The smallest absolute Gasteiger partial charge is 0.333 e. The molecule has 0 unspecified atom stereocenters. The van der Waals surface area contributed by atoms with Gasteiger partial charge < -0.3 is 4.74 Å². The molecule has 6 aromatic rings. The van der Waals surface area contributed by atoms with Crippen LogP contribution >= 0.6 is 68.0 Å². The van der Waals surface area contributed by atoms with E-state index in [1.165, 1.54) is 76.7 Å². The van der Waals surface area contributed by atoms with Gasteiger partial charge in [-0.1, -0.05) is 78.6 Å². The standard InChI is InChI=1S/C36H36O2S3.C25H16OS3.12H2/c1-7-9-11-13-15-17-19-29-25-33(26(3)4)41-35(29)32-21-20-31(40-32)34-27(5)23-30(39-34)24-28(6)36(37)38-22-18-16-14-12-10-8-2;1-5-6-7-8-9-10-11-19-15-23(17(2)3)29-25(19)22-13-12-21(28-22)24-18(4)14-20(16-26)27-24;;;;;;;;;;;;/h1,20-21,23-26H,8,10,12,14,16,18,22H2,2-6H3;1,12-17H,2-4H3;12*1H/b28-24-;;;;;;;;;;;;;. The fourth-order valence-electron chi connectivity index (χ4n) is 6.63. The number of hydrogen-bond donors (Lipinski definition) is 0.